The van der Waals surface area contributed by atoms with Crippen molar-refractivity contribution in [2.45, 2.75) is 162 Å². The number of piperidine rings is 1. The molecule has 3 rings (SSSR count). The van der Waals surface area contributed by atoms with Gasteiger partial charge in [-0.1, -0.05) is 74.5 Å². The highest BCUT2D eigenvalue weighted by atomic mass is 16.6. The monoisotopic (exact) mass is 993 g/mol. The summed E-state index contributed by atoms with van der Waals surface area (Å²) in [5, 5.41) is 24.3. The zero-order valence-corrected chi connectivity index (χ0v) is 43.7. The largest absolute Gasteiger partial charge is 0.480 e. The first kappa shape index (κ1) is 59.3. The Morgan fingerprint density at radius 1 is 0.620 bits per heavy atom. The Bertz CT molecular complexity index is 2090. The summed E-state index contributed by atoms with van der Waals surface area (Å²) >= 11 is 0. The van der Waals surface area contributed by atoms with E-state index in [9.17, 15) is 33.9 Å². The van der Waals surface area contributed by atoms with Crippen LogP contribution in [0, 0.1) is 17.8 Å². The summed E-state index contributed by atoms with van der Waals surface area (Å²) in [6.45, 7) is 19.5. The maximum absolute atomic E-state index is 15.2. The highest BCUT2D eigenvalue weighted by molar-refractivity contribution is 6.13. The summed E-state index contributed by atoms with van der Waals surface area (Å²) in [7, 11) is 0. The van der Waals surface area contributed by atoms with E-state index < -0.39 is 93.9 Å². The standard InChI is InChI=1S/C53H80N6O12/c1-35(2)32-39(42(60)38(33-36-20-14-12-15-21-36)43(61)41(34-37-22-16-13-17-23-37)54-28-29-56-48(67)70-51(6,7)8)44(62)57-40(24-18-19-27-55-47(66)69-50(3,4)5)45(63)59-30-25-53(26-31-59,46(64)65)58-49(68)71-52(9,10)11/h12-17,20-23,35,38-41,54H,18-19,24-34H2,1-11H3,(H,55,66)(H,56,67)(H,57,62)(H,58,68)(H,64,65). The molecule has 2 aromatic carbocycles. The number of amides is 5. The maximum atomic E-state index is 15.2. The van der Waals surface area contributed by atoms with Crippen LogP contribution in [0.2, 0.25) is 0 Å². The van der Waals surface area contributed by atoms with Gasteiger partial charge in [0.2, 0.25) is 11.8 Å². The van der Waals surface area contributed by atoms with Crippen LogP contribution < -0.4 is 26.6 Å². The number of carbonyl (C=O) groups is 8. The van der Waals surface area contributed by atoms with Gasteiger partial charge in [-0.05, 0) is 131 Å². The molecule has 1 aliphatic heterocycles. The number of ether oxygens (including phenoxy) is 3. The van der Waals surface area contributed by atoms with Crippen molar-refractivity contribution in [3.8, 4) is 0 Å². The molecule has 2 aromatic rings. The van der Waals surface area contributed by atoms with Gasteiger partial charge in [-0.3, -0.25) is 19.2 Å². The number of likely N-dealkylation sites (tertiary alicyclic amines) is 1. The number of carbonyl (C=O) groups excluding carboxylic acids is 7. The van der Waals surface area contributed by atoms with Crippen molar-refractivity contribution in [3.05, 3.63) is 71.8 Å². The molecule has 1 aliphatic rings. The number of carboxylic acid groups (broad SMARTS) is 1. The molecular weight excluding hydrogens is 913 g/mol. The number of nitrogens with zero attached hydrogens (tertiary/aromatic N) is 1. The van der Waals surface area contributed by atoms with E-state index in [1.165, 1.54) is 4.90 Å². The molecule has 5 amide bonds. The van der Waals surface area contributed by atoms with Crippen molar-refractivity contribution >= 4 is 47.6 Å². The molecule has 71 heavy (non-hydrogen) atoms. The molecule has 4 unspecified atom stereocenters. The lowest BCUT2D eigenvalue weighted by molar-refractivity contribution is -0.150. The third-order valence-electron chi connectivity index (χ3n) is 11.4. The second-order valence-corrected chi connectivity index (χ2v) is 21.7. The van der Waals surface area contributed by atoms with Crippen molar-refractivity contribution in [1.82, 2.24) is 31.5 Å². The van der Waals surface area contributed by atoms with E-state index >= 15 is 9.59 Å². The molecule has 0 saturated carbocycles. The van der Waals surface area contributed by atoms with Crippen LogP contribution in [0.5, 0.6) is 0 Å². The SMILES string of the molecule is CC(C)CC(C(=O)NC(CCCCNC(=O)OC(C)(C)C)C(=O)N1CCC(NC(=O)OC(C)(C)C)(C(=O)O)CC1)C(=O)C(Cc1ccccc1)C(=O)C(Cc1ccccc1)NCCNC(=O)OC(C)(C)C. The molecule has 394 valence electrons. The van der Waals surface area contributed by atoms with Gasteiger partial charge in [0.1, 0.15) is 28.4 Å². The van der Waals surface area contributed by atoms with Crippen LogP contribution in [0.15, 0.2) is 60.7 Å². The minimum absolute atomic E-state index is 0.00699. The van der Waals surface area contributed by atoms with Gasteiger partial charge in [0.25, 0.3) is 0 Å². The van der Waals surface area contributed by atoms with Crippen LogP contribution in [0.1, 0.15) is 126 Å². The molecule has 1 saturated heterocycles. The highest BCUT2D eigenvalue weighted by Gasteiger charge is 2.46. The number of hydrogen-bond acceptors (Lipinski definition) is 12. The van der Waals surface area contributed by atoms with E-state index in [0.717, 1.165) is 5.56 Å². The molecule has 0 bridgehead atoms. The minimum atomic E-state index is -1.72. The number of carboxylic acids is 1. The fraction of sp³-hybridized carbons (Fsp3) is 0.623. The molecular formula is C53H80N6O12. The van der Waals surface area contributed by atoms with E-state index in [0.29, 0.717) is 18.4 Å². The van der Waals surface area contributed by atoms with Crippen LogP contribution in [0.25, 0.3) is 0 Å². The Kier molecular flexibility index (Phi) is 22.5. The molecule has 18 heteroatoms. The van der Waals surface area contributed by atoms with Crippen molar-refractivity contribution in [1.29, 1.82) is 0 Å². The van der Waals surface area contributed by atoms with E-state index in [-0.39, 0.29) is 77.2 Å². The molecule has 18 nitrogen and oxygen atoms in total. The van der Waals surface area contributed by atoms with Crippen LogP contribution >= 0.6 is 0 Å². The zero-order valence-electron chi connectivity index (χ0n) is 43.7. The summed E-state index contributed by atoms with van der Waals surface area (Å²) in [5.41, 5.74) is -2.52. The molecule has 0 radical (unpaired) electrons. The highest BCUT2D eigenvalue weighted by Crippen LogP contribution is 2.27. The lowest BCUT2D eigenvalue weighted by Crippen LogP contribution is -2.62. The molecule has 0 spiro atoms. The predicted octanol–water partition coefficient (Wildman–Crippen LogP) is 6.52. The van der Waals surface area contributed by atoms with E-state index in [2.05, 4.69) is 26.6 Å². The van der Waals surface area contributed by atoms with Gasteiger partial charge in [-0.15, -0.1) is 0 Å². The molecule has 0 aliphatic carbocycles. The second kappa shape index (κ2) is 27.0. The van der Waals surface area contributed by atoms with Crippen molar-refractivity contribution in [3.63, 3.8) is 0 Å². The molecule has 4 atom stereocenters. The van der Waals surface area contributed by atoms with Gasteiger partial charge in [0.05, 0.1) is 17.9 Å². The van der Waals surface area contributed by atoms with E-state index in [1.807, 2.05) is 62.4 Å². The van der Waals surface area contributed by atoms with Crippen LogP contribution in [-0.2, 0) is 51.0 Å². The number of unbranched alkanes of at least 4 members (excludes halogenated alkanes) is 1. The molecule has 1 fully saturated rings. The molecule has 1 heterocycles. The van der Waals surface area contributed by atoms with Gasteiger partial charge >= 0.3 is 24.2 Å². The van der Waals surface area contributed by atoms with Gasteiger partial charge < -0.3 is 50.8 Å². The Balaban J connectivity index is 1.97. The number of Topliss-reactive ketones (excluding diaryl/α,β-unsaturated/α-hetero) is 2. The third kappa shape index (κ3) is 21.5. The summed E-state index contributed by atoms with van der Waals surface area (Å²) in [4.78, 5) is 111. The number of aliphatic carboxylic acids is 1. The number of nitrogens with one attached hydrogen (secondary N) is 5. The van der Waals surface area contributed by atoms with Crippen molar-refractivity contribution < 1.29 is 57.7 Å². The quantitative estimate of drug-likeness (QED) is 0.0373. The lowest BCUT2D eigenvalue weighted by atomic mass is 9.78. The maximum Gasteiger partial charge on any atom is 0.408 e. The number of alkyl carbamates (subject to hydrolysis) is 3. The fourth-order valence-corrected chi connectivity index (χ4v) is 8.08. The lowest BCUT2D eigenvalue weighted by Gasteiger charge is -2.40. The minimum Gasteiger partial charge on any atom is -0.480 e. The Morgan fingerprint density at radius 3 is 1.61 bits per heavy atom. The molecule has 0 aromatic heterocycles. The normalized spacial score (nSPS) is 15.5. The number of ketones is 2. The summed E-state index contributed by atoms with van der Waals surface area (Å²) < 4.78 is 16.1. The topological polar surface area (TPSA) is 248 Å². The van der Waals surface area contributed by atoms with Gasteiger partial charge in [-0.2, -0.15) is 0 Å². The third-order valence-corrected chi connectivity index (χ3v) is 11.4. The summed E-state index contributed by atoms with van der Waals surface area (Å²) in [6.07, 6.45) is -1.36. The van der Waals surface area contributed by atoms with Crippen LogP contribution in [-0.4, -0.2) is 125 Å². The van der Waals surface area contributed by atoms with Crippen LogP contribution in [0.3, 0.4) is 0 Å². The van der Waals surface area contributed by atoms with E-state index in [1.54, 1.807) is 74.4 Å². The zero-order chi connectivity index (χ0) is 53.2. The van der Waals surface area contributed by atoms with Crippen molar-refractivity contribution in [2.24, 2.45) is 17.8 Å². The molecule has 6 N–H and O–H groups in total. The predicted molar refractivity (Wildman–Crippen MR) is 268 cm³/mol. The van der Waals surface area contributed by atoms with Crippen LogP contribution in [0.4, 0.5) is 14.4 Å². The number of rotatable bonds is 24. The first-order valence-electron chi connectivity index (χ1n) is 24.7. The smallest absolute Gasteiger partial charge is 0.408 e. The first-order valence-corrected chi connectivity index (χ1v) is 24.7. The number of hydrogen-bond donors (Lipinski definition) is 6. The van der Waals surface area contributed by atoms with Gasteiger partial charge in [-0.25, -0.2) is 19.2 Å². The Labute approximate surface area is 419 Å². The van der Waals surface area contributed by atoms with E-state index in [4.69, 9.17) is 14.2 Å². The van der Waals surface area contributed by atoms with Crippen molar-refractivity contribution in [2.75, 3.05) is 32.7 Å². The Morgan fingerprint density at radius 2 is 1.11 bits per heavy atom. The van der Waals surface area contributed by atoms with Gasteiger partial charge in [0.15, 0.2) is 11.6 Å². The summed E-state index contributed by atoms with van der Waals surface area (Å²) in [5.74, 6) is -6.45. The van der Waals surface area contributed by atoms with Gasteiger partial charge in [0, 0.05) is 32.7 Å². The fourth-order valence-electron chi connectivity index (χ4n) is 8.08. The average molecular weight is 993 g/mol. The number of benzene rings is 2. The average Bonchev–Trinajstić information content (AvgIpc) is 3.26. The summed E-state index contributed by atoms with van der Waals surface area (Å²) in [6, 6.07) is 16.2. The first-order chi connectivity index (χ1) is 33.1. The second-order valence-electron chi connectivity index (χ2n) is 21.7. The Hall–Kier alpha value is -6.04.